The molecule has 0 radical (unpaired) electrons. The second-order valence-corrected chi connectivity index (χ2v) is 10.6. The molecule has 0 amide bonds. The van der Waals surface area contributed by atoms with E-state index in [-0.39, 0.29) is 0 Å². The van der Waals surface area contributed by atoms with E-state index in [1.807, 2.05) is 48.5 Å². The summed E-state index contributed by atoms with van der Waals surface area (Å²) >= 11 is 0. The van der Waals surface area contributed by atoms with Crippen LogP contribution in [0.4, 0.5) is 0 Å². The highest BCUT2D eigenvalue weighted by molar-refractivity contribution is 6.11. The summed E-state index contributed by atoms with van der Waals surface area (Å²) in [6, 6.07) is 40.3. The molecule has 0 aliphatic carbocycles. The molecular weight excluding hydrogens is 516 g/mol. The van der Waals surface area contributed by atoms with Gasteiger partial charge in [0.25, 0.3) is 0 Å². The van der Waals surface area contributed by atoms with E-state index in [1.165, 1.54) is 11.1 Å². The van der Waals surface area contributed by atoms with Crippen molar-refractivity contribution in [2.45, 2.75) is 13.8 Å². The van der Waals surface area contributed by atoms with Gasteiger partial charge in [0, 0.05) is 33.0 Å². The van der Waals surface area contributed by atoms with Crippen LogP contribution in [-0.4, -0.2) is 0 Å². The minimum atomic E-state index is 0.599. The Morgan fingerprint density at radius 3 is 1.12 bits per heavy atom. The summed E-state index contributed by atoms with van der Waals surface area (Å²) in [5.41, 5.74) is 10.9. The summed E-state index contributed by atoms with van der Waals surface area (Å²) < 4.78 is 13.3. The normalized spacial score (nSPS) is 11.0. The molecule has 7 aromatic rings. The van der Waals surface area contributed by atoms with Crippen LogP contribution in [0.25, 0.3) is 66.8 Å². The van der Waals surface area contributed by atoms with Crippen LogP contribution in [0.1, 0.15) is 22.3 Å². The van der Waals surface area contributed by atoms with Gasteiger partial charge < -0.3 is 8.83 Å². The van der Waals surface area contributed by atoms with Crippen molar-refractivity contribution >= 4 is 21.9 Å². The molecule has 0 atom stereocenters. The van der Waals surface area contributed by atoms with E-state index in [1.54, 1.807) is 0 Å². The van der Waals surface area contributed by atoms with Gasteiger partial charge in [-0.3, -0.25) is 0 Å². The fourth-order valence-electron chi connectivity index (χ4n) is 5.50. The lowest BCUT2D eigenvalue weighted by Gasteiger charge is -2.05. The van der Waals surface area contributed by atoms with E-state index in [4.69, 9.17) is 8.83 Å². The van der Waals surface area contributed by atoms with Crippen molar-refractivity contribution in [2.75, 3.05) is 0 Å². The third-order valence-electron chi connectivity index (χ3n) is 7.73. The number of furan rings is 2. The molecule has 0 aliphatic heterocycles. The van der Waals surface area contributed by atoms with Crippen LogP contribution in [0, 0.1) is 36.5 Å². The van der Waals surface area contributed by atoms with Gasteiger partial charge in [0.05, 0.1) is 23.3 Å². The molecule has 5 aromatic carbocycles. The maximum absolute atomic E-state index is 9.32. The number of nitrogens with zero attached hydrogens (tertiary/aromatic N) is 2. The third-order valence-corrected chi connectivity index (χ3v) is 7.73. The van der Waals surface area contributed by atoms with E-state index >= 15 is 0 Å². The molecule has 0 saturated heterocycles. The highest BCUT2D eigenvalue weighted by Crippen LogP contribution is 2.47. The molecule has 0 unspecified atom stereocenters. The maximum Gasteiger partial charge on any atom is 0.143 e. The fraction of sp³-hybridized carbons (Fsp3) is 0.0526. The Bertz CT molecular complexity index is 2020. The topological polar surface area (TPSA) is 73.9 Å². The molecule has 4 nitrogen and oxygen atoms in total. The van der Waals surface area contributed by atoms with E-state index in [9.17, 15) is 10.5 Å². The average molecular weight is 541 g/mol. The van der Waals surface area contributed by atoms with Crippen molar-refractivity contribution in [1.29, 1.82) is 10.5 Å². The van der Waals surface area contributed by atoms with Crippen LogP contribution < -0.4 is 0 Å². The predicted molar refractivity (Wildman–Crippen MR) is 167 cm³/mol. The van der Waals surface area contributed by atoms with Gasteiger partial charge in [-0.05, 0) is 85.6 Å². The van der Waals surface area contributed by atoms with Gasteiger partial charge in [0.1, 0.15) is 22.7 Å². The van der Waals surface area contributed by atoms with Crippen molar-refractivity contribution < 1.29 is 8.83 Å². The van der Waals surface area contributed by atoms with Crippen molar-refractivity contribution in [3.8, 4) is 57.0 Å². The molecule has 0 fully saturated rings. The lowest BCUT2D eigenvalue weighted by atomic mass is 9.95. The second-order valence-electron chi connectivity index (χ2n) is 10.6. The Morgan fingerprint density at radius 2 is 0.786 bits per heavy atom. The van der Waals surface area contributed by atoms with Crippen molar-refractivity contribution in [1.82, 2.24) is 0 Å². The van der Waals surface area contributed by atoms with E-state index < -0.39 is 0 Å². The highest BCUT2D eigenvalue weighted by atomic mass is 16.3. The summed E-state index contributed by atoms with van der Waals surface area (Å²) in [7, 11) is 0. The van der Waals surface area contributed by atoms with E-state index in [2.05, 4.69) is 86.6 Å². The fourth-order valence-corrected chi connectivity index (χ4v) is 5.50. The van der Waals surface area contributed by atoms with E-state index in [0.29, 0.717) is 11.1 Å². The monoisotopic (exact) mass is 540 g/mol. The van der Waals surface area contributed by atoms with Crippen LogP contribution in [0.5, 0.6) is 0 Å². The van der Waals surface area contributed by atoms with E-state index in [0.717, 1.165) is 66.8 Å². The summed E-state index contributed by atoms with van der Waals surface area (Å²) in [6.45, 7) is 4.14. The molecule has 0 N–H and O–H groups in total. The molecule has 2 heterocycles. The van der Waals surface area contributed by atoms with Crippen LogP contribution in [0.15, 0.2) is 118 Å². The smallest absolute Gasteiger partial charge is 0.143 e. The quantitative estimate of drug-likeness (QED) is 0.223. The molecule has 7 rings (SSSR count). The molecule has 0 bridgehead atoms. The molecule has 0 spiro atoms. The number of nitriles is 2. The number of rotatable bonds is 4. The van der Waals surface area contributed by atoms with Crippen molar-refractivity contribution in [3.05, 3.63) is 131 Å². The number of hydrogen-bond acceptors (Lipinski definition) is 4. The Labute approximate surface area is 243 Å². The average Bonchev–Trinajstić information content (AvgIpc) is 3.59. The number of benzene rings is 5. The number of hydrogen-bond donors (Lipinski definition) is 0. The van der Waals surface area contributed by atoms with Gasteiger partial charge in [-0.2, -0.15) is 10.5 Å². The molecule has 0 aliphatic rings. The van der Waals surface area contributed by atoms with Crippen molar-refractivity contribution in [3.63, 3.8) is 0 Å². The highest BCUT2D eigenvalue weighted by Gasteiger charge is 2.23. The van der Waals surface area contributed by atoms with Crippen LogP contribution in [-0.2, 0) is 0 Å². The van der Waals surface area contributed by atoms with Crippen LogP contribution in [0.2, 0.25) is 0 Å². The first-order valence-electron chi connectivity index (χ1n) is 13.7. The minimum Gasteiger partial charge on any atom is -0.455 e. The van der Waals surface area contributed by atoms with Crippen molar-refractivity contribution in [2.24, 2.45) is 0 Å². The summed E-state index contributed by atoms with van der Waals surface area (Å²) in [5, 5.41) is 20.5. The Kier molecular flexibility index (Phi) is 5.97. The molecule has 198 valence electrons. The summed E-state index contributed by atoms with van der Waals surface area (Å²) in [5.74, 6) is 1.49. The van der Waals surface area contributed by atoms with Crippen LogP contribution >= 0.6 is 0 Å². The first-order chi connectivity index (χ1) is 20.5. The standard InChI is InChI=1S/C38H24N2O2/c1-23-3-11-27(12-4-23)35-31-19-34-32(20-33(31)41-37(35)29-15-7-25(21-39)8-16-29)36(28-13-5-24(2)6-14-28)38(42-34)30-17-9-26(22-40)10-18-30/h3-20H,1-2H3. The zero-order valence-corrected chi connectivity index (χ0v) is 23.1. The van der Waals surface area contributed by atoms with Gasteiger partial charge >= 0.3 is 0 Å². The Morgan fingerprint density at radius 1 is 0.452 bits per heavy atom. The summed E-state index contributed by atoms with van der Waals surface area (Å²) in [6.07, 6.45) is 0. The first-order valence-corrected chi connectivity index (χ1v) is 13.7. The SMILES string of the molecule is Cc1ccc(-c2c(-c3ccc(C#N)cc3)oc3cc4c(-c5ccc(C)cc5)c(-c5ccc(C#N)cc5)oc4cc23)cc1. The molecule has 2 aromatic heterocycles. The van der Waals surface area contributed by atoms with Gasteiger partial charge in [-0.15, -0.1) is 0 Å². The number of fused-ring (bicyclic) bond motifs is 2. The second kappa shape index (κ2) is 9.97. The zero-order chi connectivity index (χ0) is 28.8. The van der Waals surface area contributed by atoms with Gasteiger partial charge in [-0.25, -0.2) is 0 Å². The predicted octanol–water partition coefficient (Wildman–Crippen LogP) is 10.2. The Balaban J connectivity index is 1.53. The maximum atomic E-state index is 9.32. The molecule has 42 heavy (non-hydrogen) atoms. The lowest BCUT2D eigenvalue weighted by Crippen LogP contribution is -1.83. The van der Waals surface area contributed by atoms with Gasteiger partial charge in [-0.1, -0.05) is 59.7 Å². The molecule has 0 saturated carbocycles. The molecule has 4 heteroatoms. The third kappa shape index (κ3) is 4.24. The van der Waals surface area contributed by atoms with Gasteiger partial charge in [0.2, 0.25) is 0 Å². The minimum absolute atomic E-state index is 0.599. The molecular formula is C38H24N2O2. The lowest BCUT2D eigenvalue weighted by molar-refractivity contribution is 0.628. The zero-order valence-electron chi connectivity index (χ0n) is 23.1. The summed E-state index contributed by atoms with van der Waals surface area (Å²) in [4.78, 5) is 0. The van der Waals surface area contributed by atoms with Crippen LogP contribution in [0.3, 0.4) is 0 Å². The largest absolute Gasteiger partial charge is 0.455 e. The Hall–Kier alpha value is -5.84. The number of aryl methyl sites for hydroxylation is 2. The first kappa shape index (κ1) is 25.1. The van der Waals surface area contributed by atoms with Gasteiger partial charge in [0.15, 0.2) is 0 Å².